The van der Waals surface area contributed by atoms with Crippen LogP contribution in [0.4, 0.5) is 0 Å². The molecule has 1 heterocycles. The van der Waals surface area contributed by atoms with Gasteiger partial charge in [-0.2, -0.15) is 0 Å². The molecule has 3 aliphatic carbocycles. The highest BCUT2D eigenvalue weighted by atomic mass is 16.7. The summed E-state index contributed by atoms with van der Waals surface area (Å²) in [6.07, 6.45) is 4.49. The summed E-state index contributed by atoms with van der Waals surface area (Å²) < 4.78 is 12.0. The van der Waals surface area contributed by atoms with Crippen LogP contribution in [-0.4, -0.2) is 77.3 Å². The summed E-state index contributed by atoms with van der Waals surface area (Å²) in [5.41, 5.74) is 1.07. The van der Waals surface area contributed by atoms with E-state index in [0.29, 0.717) is 12.3 Å². The van der Waals surface area contributed by atoms with Gasteiger partial charge in [-0.05, 0) is 61.2 Å². The number of rotatable bonds is 6. The van der Waals surface area contributed by atoms with Crippen LogP contribution in [0.15, 0.2) is 24.3 Å². The molecular weight excluding hydrogens is 462 g/mol. The lowest BCUT2D eigenvalue weighted by molar-refractivity contribution is -0.294. The van der Waals surface area contributed by atoms with Crippen LogP contribution in [0.5, 0.6) is 0 Å². The average Bonchev–Trinajstić information content (AvgIpc) is 2.86. The van der Waals surface area contributed by atoms with Crippen molar-refractivity contribution in [3.05, 3.63) is 24.3 Å². The van der Waals surface area contributed by atoms with Gasteiger partial charge in [0.05, 0.1) is 25.4 Å². The fourth-order valence-electron chi connectivity index (χ4n) is 7.77. The quantitative estimate of drug-likeness (QED) is 0.348. The van der Waals surface area contributed by atoms with Crippen molar-refractivity contribution in [2.75, 3.05) is 20.3 Å². The van der Waals surface area contributed by atoms with Crippen molar-refractivity contribution in [1.82, 2.24) is 5.32 Å². The van der Waals surface area contributed by atoms with Gasteiger partial charge in [-0.1, -0.05) is 38.5 Å². The predicted molar refractivity (Wildman–Crippen MR) is 135 cm³/mol. The maximum absolute atomic E-state index is 12.6. The topological polar surface area (TPSA) is 128 Å². The Labute approximate surface area is 214 Å². The zero-order valence-corrected chi connectivity index (χ0v) is 22.2. The first kappa shape index (κ1) is 27.7. The van der Waals surface area contributed by atoms with Gasteiger partial charge in [-0.25, -0.2) is 0 Å². The highest BCUT2D eigenvalue weighted by Gasteiger charge is 2.59. The van der Waals surface area contributed by atoms with Crippen LogP contribution in [0.2, 0.25) is 0 Å². The summed E-state index contributed by atoms with van der Waals surface area (Å²) in [6, 6.07) is 0. The number of allylic oxidation sites excluding steroid dienone is 3. The molecule has 8 heteroatoms. The number of carbonyl (C=O) groups is 1. The third-order valence-electron chi connectivity index (χ3n) is 10.3. The van der Waals surface area contributed by atoms with Crippen LogP contribution in [0, 0.1) is 34.0 Å². The van der Waals surface area contributed by atoms with Crippen LogP contribution in [-0.2, 0) is 14.3 Å². The summed E-state index contributed by atoms with van der Waals surface area (Å²) in [4.78, 5) is 12.6. The largest absolute Gasteiger partial charge is 0.394 e. The van der Waals surface area contributed by atoms with Gasteiger partial charge >= 0.3 is 0 Å². The molecule has 5 N–H and O–H groups in total. The lowest BCUT2D eigenvalue weighted by Crippen LogP contribution is -2.62. The molecule has 0 aromatic rings. The Kier molecular flexibility index (Phi) is 7.79. The fourth-order valence-corrected chi connectivity index (χ4v) is 7.77. The molecule has 11 atom stereocenters. The van der Waals surface area contributed by atoms with Crippen molar-refractivity contribution in [3.63, 3.8) is 0 Å². The van der Waals surface area contributed by atoms with E-state index in [4.69, 9.17) is 9.47 Å². The molecule has 4 aliphatic rings. The molecule has 1 amide bonds. The first-order valence-electron chi connectivity index (χ1n) is 13.4. The van der Waals surface area contributed by atoms with Gasteiger partial charge in [0.2, 0.25) is 5.91 Å². The zero-order valence-electron chi connectivity index (χ0n) is 22.2. The molecule has 0 unspecified atom stereocenters. The molecule has 4 rings (SSSR count). The summed E-state index contributed by atoms with van der Waals surface area (Å²) >= 11 is 0. The second-order valence-electron chi connectivity index (χ2n) is 12.4. The van der Waals surface area contributed by atoms with E-state index in [0.717, 1.165) is 32.1 Å². The van der Waals surface area contributed by atoms with E-state index in [-0.39, 0.29) is 23.4 Å². The molecule has 0 aromatic heterocycles. The third kappa shape index (κ3) is 4.48. The number of carbonyl (C=O) groups excluding carboxylic acids is 1. The van der Waals surface area contributed by atoms with Gasteiger partial charge in [-0.3, -0.25) is 4.79 Å². The number of aliphatic hydroxyl groups excluding tert-OH is 4. The Morgan fingerprint density at radius 1 is 1.22 bits per heavy atom. The molecule has 1 saturated heterocycles. The summed E-state index contributed by atoms with van der Waals surface area (Å²) in [7, 11) is 1.45. The zero-order chi connectivity index (χ0) is 26.5. The second kappa shape index (κ2) is 10.1. The number of nitrogens with one attached hydrogen (secondary N) is 1. The van der Waals surface area contributed by atoms with Crippen molar-refractivity contribution >= 4 is 5.91 Å². The van der Waals surface area contributed by atoms with E-state index in [9.17, 15) is 25.2 Å². The van der Waals surface area contributed by atoms with E-state index < -0.39 is 54.6 Å². The average molecular weight is 508 g/mol. The van der Waals surface area contributed by atoms with Crippen LogP contribution < -0.4 is 5.32 Å². The van der Waals surface area contributed by atoms with E-state index >= 15 is 0 Å². The summed E-state index contributed by atoms with van der Waals surface area (Å²) in [5, 5.41) is 44.4. The van der Waals surface area contributed by atoms with Crippen LogP contribution in [0.3, 0.4) is 0 Å². The minimum Gasteiger partial charge on any atom is -0.394 e. The number of hydrogen-bond acceptors (Lipinski definition) is 7. The number of fused-ring (bicyclic) bond motifs is 3. The maximum Gasteiger partial charge on any atom is 0.230 e. The van der Waals surface area contributed by atoms with E-state index in [1.165, 1.54) is 12.6 Å². The molecule has 0 radical (unpaired) electrons. The van der Waals surface area contributed by atoms with Gasteiger partial charge in [0, 0.05) is 12.5 Å². The first-order valence-corrected chi connectivity index (χ1v) is 13.4. The number of aliphatic hydroxyl groups is 4. The van der Waals surface area contributed by atoms with Gasteiger partial charge in [-0.15, -0.1) is 6.58 Å². The van der Waals surface area contributed by atoms with E-state index in [1.54, 1.807) is 0 Å². The van der Waals surface area contributed by atoms with Gasteiger partial charge in [0.15, 0.2) is 6.29 Å². The number of hydrogen-bond donors (Lipinski definition) is 5. The SMILES string of the molecule is C=C[C@@]1(C)CC[C@H]2C(=CC[C@H]3[C@]2(C)CC[C@H](O)[C@]3(C)CO[C@@H]2O[C@@H](CO)[C@H](O)[C@@H](O)[C@@H]2C(=O)NC)C1. The maximum atomic E-state index is 12.6. The van der Waals surface area contributed by atoms with E-state index in [1.807, 2.05) is 0 Å². The molecule has 0 aromatic carbocycles. The molecule has 8 nitrogen and oxygen atoms in total. The molecule has 1 aliphatic heterocycles. The normalized spacial score (nSPS) is 48.8. The first-order chi connectivity index (χ1) is 16.9. The van der Waals surface area contributed by atoms with E-state index in [2.05, 4.69) is 44.8 Å². The lowest BCUT2D eigenvalue weighted by atomic mass is 9.45. The van der Waals surface area contributed by atoms with Crippen molar-refractivity contribution < 1.29 is 34.7 Å². The van der Waals surface area contributed by atoms with Crippen LogP contribution in [0.25, 0.3) is 0 Å². The van der Waals surface area contributed by atoms with Gasteiger partial charge in [0.1, 0.15) is 18.1 Å². The Morgan fingerprint density at radius 3 is 2.58 bits per heavy atom. The summed E-state index contributed by atoms with van der Waals surface area (Å²) in [5.74, 6) is -1.05. The van der Waals surface area contributed by atoms with Crippen LogP contribution in [0.1, 0.15) is 59.3 Å². The van der Waals surface area contributed by atoms with Crippen molar-refractivity contribution in [3.8, 4) is 0 Å². The highest BCUT2D eigenvalue weighted by Crippen LogP contribution is 2.63. The Bertz CT molecular complexity index is 878. The van der Waals surface area contributed by atoms with Gasteiger partial charge in [0.25, 0.3) is 0 Å². The standard InChI is InChI=1S/C28H45NO7/c1-6-26(2)11-9-17-16(13-26)7-8-19-27(17,3)12-10-20(31)28(19,4)15-35-25-21(24(34)29-5)23(33)22(32)18(14-30)36-25/h6-7,17-23,25,30-33H,1,8-15H2,2-5H3,(H,29,34)/t17-,18-,19-,20-,21+,22-,23-,25+,26-,27+,28+/m0/s1. The number of amides is 1. The minimum absolute atomic E-state index is 0.0148. The van der Waals surface area contributed by atoms with Gasteiger partial charge < -0.3 is 35.2 Å². The lowest BCUT2D eigenvalue weighted by Gasteiger charge is -2.61. The van der Waals surface area contributed by atoms with Crippen molar-refractivity contribution in [2.45, 2.75) is 90.0 Å². The van der Waals surface area contributed by atoms with Crippen molar-refractivity contribution in [1.29, 1.82) is 0 Å². The molecular formula is C28H45NO7. The molecule has 204 valence electrons. The smallest absolute Gasteiger partial charge is 0.230 e. The van der Waals surface area contributed by atoms with Crippen LogP contribution >= 0.6 is 0 Å². The molecule has 36 heavy (non-hydrogen) atoms. The highest BCUT2D eigenvalue weighted by molar-refractivity contribution is 5.79. The predicted octanol–water partition coefficient (Wildman–Crippen LogP) is 1.91. The fraction of sp³-hybridized carbons (Fsp3) is 0.821. The summed E-state index contributed by atoms with van der Waals surface area (Å²) in [6.45, 7) is 10.4. The molecule has 3 fully saturated rings. The second-order valence-corrected chi connectivity index (χ2v) is 12.4. The third-order valence-corrected chi connectivity index (χ3v) is 10.3. The minimum atomic E-state index is -1.45. The monoisotopic (exact) mass is 507 g/mol. The molecule has 0 bridgehead atoms. The molecule has 2 saturated carbocycles. The molecule has 0 spiro atoms. The Balaban J connectivity index is 1.58. The van der Waals surface area contributed by atoms with Crippen molar-refractivity contribution in [2.24, 2.45) is 34.0 Å². The number of ether oxygens (including phenoxy) is 2. The Morgan fingerprint density at radius 2 is 1.94 bits per heavy atom. The Hall–Kier alpha value is -1.29.